The Morgan fingerprint density at radius 1 is 1.00 bits per heavy atom. The molecular formula is C17H14F3N5. The first-order valence-corrected chi connectivity index (χ1v) is 7.43. The second-order valence-electron chi connectivity index (χ2n) is 5.29. The molecule has 1 aromatic heterocycles. The van der Waals surface area contributed by atoms with Crippen molar-refractivity contribution >= 4 is 17.5 Å². The highest BCUT2D eigenvalue weighted by molar-refractivity contribution is 5.55. The second kappa shape index (κ2) is 7.16. The van der Waals surface area contributed by atoms with Gasteiger partial charge in [0.05, 0.1) is 11.9 Å². The van der Waals surface area contributed by atoms with Gasteiger partial charge in [-0.15, -0.1) is 5.10 Å². The standard InChI is InChI=1S/C17H14F3N5/c1-10-4-2-3-5-11(10)8-21-14-9-22-25-17(24-14)23-13-7-6-12(18)15(19)16(13)20/h2-7,9H,8H2,1H3,(H2,21,23,24,25). The fourth-order valence-corrected chi connectivity index (χ4v) is 2.18. The van der Waals surface area contributed by atoms with E-state index in [4.69, 9.17) is 0 Å². The van der Waals surface area contributed by atoms with Gasteiger partial charge >= 0.3 is 0 Å². The van der Waals surface area contributed by atoms with Crippen LogP contribution in [0.4, 0.5) is 30.6 Å². The Bertz CT molecular complexity index is 901. The molecule has 128 valence electrons. The van der Waals surface area contributed by atoms with E-state index in [1.807, 2.05) is 31.2 Å². The normalized spacial score (nSPS) is 10.6. The van der Waals surface area contributed by atoms with Crippen LogP contribution in [0.2, 0.25) is 0 Å². The number of benzene rings is 2. The molecule has 1 heterocycles. The van der Waals surface area contributed by atoms with E-state index in [0.29, 0.717) is 12.4 Å². The van der Waals surface area contributed by atoms with Crippen LogP contribution in [0.25, 0.3) is 0 Å². The molecule has 3 aromatic rings. The van der Waals surface area contributed by atoms with E-state index >= 15 is 0 Å². The lowest BCUT2D eigenvalue weighted by Gasteiger charge is -2.10. The predicted molar refractivity (Wildman–Crippen MR) is 87.9 cm³/mol. The van der Waals surface area contributed by atoms with Gasteiger partial charge < -0.3 is 10.6 Å². The Morgan fingerprint density at radius 2 is 1.80 bits per heavy atom. The van der Waals surface area contributed by atoms with Crippen LogP contribution in [0.15, 0.2) is 42.6 Å². The van der Waals surface area contributed by atoms with E-state index in [-0.39, 0.29) is 11.6 Å². The van der Waals surface area contributed by atoms with Gasteiger partial charge in [0.2, 0.25) is 5.95 Å². The molecule has 0 unspecified atom stereocenters. The van der Waals surface area contributed by atoms with Crippen molar-refractivity contribution in [2.75, 3.05) is 10.6 Å². The molecular weight excluding hydrogens is 331 g/mol. The molecule has 8 heteroatoms. The first-order valence-electron chi connectivity index (χ1n) is 7.43. The number of anilines is 3. The zero-order valence-electron chi connectivity index (χ0n) is 13.2. The Balaban J connectivity index is 1.74. The number of hydrogen-bond acceptors (Lipinski definition) is 5. The molecule has 0 amide bonds. The van der Waals surface area contributed by atoms with E-state index in [9.17, 15) is 13.2 Å². The van der Waals surface area contributed by atoms with E-state index in [0.717, 1.165) is 23.3 Å². The van der Waals surface area contributed by atoms with Crippen molar-refractivity contribution in [2.24, 2.45) is 0 Å². The summed E-state index contributed by atoms with van der Waals surface area (Å²) >= 11 is 0. The molecule has 25 heavy (non-hydrogen) atoms. The number of nitrogens with zero attached hydrogens (tertiary/aromatic N) is 3. The molecule has 0 atom stereocenters. The summed E-state index contributed by atoms with van der Waals surface area (Å²) in [5, 5.41) is 13.0. The Labute approximate surface area is 141 Å². The molecule has 2 aromatic carbocycles. The molecule has 0 aliphatic carbocycles. The van der Waals surface area contributed by atoms with Gasteiger partial charge in [0.25, 0.3) is 0 Å². The number of rotatable bonds is 5. The monoisotopic (exact) mass is 345 g/mol. The molecule has 3 rings (SSSR count). The van der Waals surface area contributed by atoms with Gasteiger partial charge in [-0.1, -0.05) is 24.3 Å². The third kappa shape index (κ3) is 3.85. The molecule has 0 fully saturated rings. The average molecular weight is 345 g/mol. The Hall–Kier alpha value is -3.16. The molecule has 2 N–H and O–H groups in total. The molecule has 0 spiro atoms. The van der Waals surface area contributed by atoms with Crippen molar-refractivity contribution in [3.05, 3.63) is 71.2 Å². The van der Waals surface area contributed by atoms with Gasteiger partial charge in [0, 0.05) is 6.54 Å². The highest BCUT2D eigenvalue weighted by Gasteiger charge is 2.14. The van der Waals surface area contributed by atoms with Gasteiger partial charge in [-0.25, -0.2) is 13.2 Å². The van der Waals surface area contributed by atoms with Crippen LogP contribution in [0, 0.1) is 24.4 Å². The second-order valence-corrected chi connectivity index (χ2v) is 5.29. The van der Waals surface area contributed by atoms with Crippen LogP contribution in [-0.4, -0.2) is 15.2 Å². The molecule has 5 nitrogen and oxygen atoms in total. The zero-order chi connectivity index (χ0) is 17.8. The summed E-state index contributed by atoms with van der Waals surface area (Å²) in [5.74, 6) is -3.81. The van der Waals surface area contributed by atoms with Crippen LogP contribution in [0.3, 0.4) is 0 Å². The molecule has 0 saturated heterocycles. The quantitative estimate of drug-likeness (QED) is 0.686. The van der Waals surface area contributed by atoms with Crippen LogP contribution in [-0.2, 0) is 6.54 Å². The lowest BCUT2D eigenvalue weighted by molar-refractivity contribution is 0.449. The smallest absolute Gasteiger partial charge is 0.249 e. The summed E-state index contributed by atoms with van der Waals surface area (Å²) < 4.78 is 39.9. The average Bonchev–Trinajstić information content (AvgIpc) is 2.62. The minimum atomic E-state index is -1.56. The van der Waals surface area contributed by atoms with Gasteiger partial charge in [-0.05, 0) is 30.2 Å². The number of hydrogen-bond donors (Lipinski definition) is 2. The summed E-state index contributed by atoms with van der Waals surface area (Å²) in [5.41, 5.74) is 1.93. The summed E-state index contributed by atoms with van der Waals surface area (Å²) in [7, 11) is 0. The highest BCUT2D eigenvalue weighted by atomic mass is 19.2. The maximum atomic E-state index is 13.7. The molecule has 0 aliphatic rings. The third-order valence-electron chi connectivity index (χ3n) is 3.56. The third-order valence-corrected chi connectivity index (χ3v) is 3.56. The molecule has 0 aliphatic heterocycles. The van der Waals surface area contributed by atoms with Crippen LogP contribution < -0.4 is 10.6 Å². The SMILES string of the molecule is Cc1ccccc1CNc1cnnc(Nc2ccc(F)c(F)c2F)n1. The summed E-state index contributed by atoms with van der Waals surface area (Å²) in [6, 6.07) is 9.73. The number of halogens is 3. The number of aryl methyl sites for hydroxylation is 1. The minimum absolute atomic E-state index is 0.0420. The van der Waals surface area contributed by atoms with Crippen LogP contribution >= 0.6 is 0 Å². The van der Waals surface area contributed by atoms with E-state index in [2.05, 4.69) is 25.8 Å². The van der Waals surface area contributed by atoms with E-state index in [1.54, 1.807) is 0 Å². The summed E-state index contributed by atoms with van der Waals surface area (Å²) in [4.78, 5) is 4.13. The predicted octanol–water partition coefficient (Wildman–Crippen LogP) is 3.95. The van der Waals surface area contributed by atoms with Crippen LogP contribution in [0.5, 0.6) is 0 Å². The first-order chi connectivity index (χ1) is 12.0. The maximum absolute atomic E-state index is 13.7. The Kier molecular flexibility index (Phi) is 4.78. The fourth-order valence-electron chi connectivity index (χ4n) is 2.18. The fraction of sp³-hybridized carbons (Fsp3) is 0.118. The maximum Gasteiger partial charge on any atom is 0.249 e. The van der Waals surface area contributed by atoms with Gasteiger partial charge in [-0.2, -0.15) is 10.1 Å². The molecule has 0 radical (unpaired) electrons. The lowest BCUT2D eigenvalue weighted by Crippen LogP contribution is -2.07. The van der Waals surface area contributed by atoms with Crippen molar-refractivity contribution < 1.29 is 13.2 Å². The van der Waals surface area contributed by atoms with Crippen molar-refractivity contribution in [3.63, 3.8) is 0 Å². The zero-order valence-corrected chi connectivity index (χ0v) is 13.2. The topological polar surface area (TPSA) is 62.7 Å². The summed E-state index contributed by atoms with van der Waals surface area (Å²) in [6.45, 7) is 2.51. The van der Waals surface area contributed by atoms with Crippen molar-refractivity contribution in [1.82, 2.24) is 15.2 Å². The first kappa shape index (κ1) is 16.7. The Morgan fingerprint density at radius 3 is 2.60 bits per heavy atom. The van der Waals surface area contributed by atoms with Gasteiger partial charge in [-0.3, -0.25) is 0 Å². The summed E-state index contributed by atoms with van der Waals surface area (Å²) in [6.07, 6.45) is 1.41. The lowest BCUT2D eigenvalue weighted by atomic mass is 10.1. The minimum Gasteiger partial charge on any atom is -0.365 e. The van der Waals surface area contributed by atoms with Crippen molar-refractivity contribution in [2.45, 2.75) is 13.5 Å². The molecule has 0 bridgehead atoms. The number of nitrogens with one attached hydrogen (secondary N) is 2. The van der Waals surface area contributed by atoms with Gasteiger partial charge in [0.1, 0.15) is 0 Å². The van der Waals surface area contributed by atoms with Crippen molar-refractivity contribution in [1.29, 1.82) is 0 Å². The van der Waals surface area contributed by atoms with Crippen LogP contribution in [0.1, 0.15) is 11.1 Å². The molecule has 0 saturated carbocycles. The van der Waals surface area contributed by atoms with E-state index in [1.165, 1.54) is 6.20 Å². The largest absolute Gasteiger partial charge is 0.365 e. The highest BCUT2D eigenvalue weighted by Crippen LogP contribution is 2.22. The van der Waals surface area contributed by atoms with Gasteiger partial charge in [0.15, 0.2) is 23.3 Å². The van der Waals surface area contributed by atoms with Crippen molar-refractivity contribution in [3.8, 4) is 0 Å². The number of aromatic nitrogens is 3. The van der Waals surface area contributed by atoms with E-state index < -0.39 is 17.5 Å².